The highest BCUT2D eigenvalue weighted by Crippen LogP contribution is 2.41. The Morgan fingerprint density at radius 1 is 0.444 bits per heavy atom. The fourth-order valence-corrected chi connectivity index (χ4v) is 3.79. The minimum absolute atomic E-state index is 1.18. The van der Waals surface area contributed by atoms with Gasteiger partial charge in [-0.15, -0.1) is 0 Å². The van der Waals surface area contributed by atoms with E-state index in [0.717, 1.165) is 0 Å². The molecule has 0 nitrogen and oxygen atoms in total. The first-order valence-electron chi connectivity index (χ1n) is 6.13. The van der Waals surface area contributed by atoms with Crippen LogP contribution in [0.4, 0.5) is 0 Å². The minimum Gasteiger partial charge on any atom is -0.0493 e. The van der Waals surface area contributed by atoms with Crippen molar-refractivity contribution >= 4 is 42.6 Å². The van der Waals surface area contributed by atoms with Gasteiger partial charge in [0.25, 0.3) is 0 Å². The molecule has 0 saturated heterocycles. The number of fused-ring (bicyclic) bond motifs is 1. The number of hydrogen-bond donors (Lipinski definition) is 0. The molecule has 2 heteroatoms. The Labute approximate surface area is 126 Å². The average molecular weight is 370 g/mol. The second-order valence-corrected chi connectivity index (χ2v) is 6.71. The van der Waals surface area contributed by atoms with Crippen LogP contribution in [0.25, 0.3) is 10.8 Å². The molecular formula is C16H18Br2. The monoisotopic (exact) mass is 368 g/mol. The van der Waals surface area contributed by atoms with Gasteiger partial charge in [0.15, 0.2) is 0 Å². The predicted octanol–water partition coefficient (Wildman–Crippen LogP) is 6.22. The van der Waals surface area contributed by atoms with Crippen LogP contribution in [0.5, 0.6) is 0 Å². The number of hydrogen-bond acceptors (Lipinski definition) is 0. The van der Waals surface area contributed by atoms with Gasteiger partial charge in [0, 0.05) is 8.95 Å². The lowest BCUT2D eigenvalue weighted by Gasteiger charge is -2.20. The Morgan fingerprint density at radius 3 is 1.00 bits per heavy atom. The zero-order valence-electron chi connectivity index (χ0n) is 11.8. The third-order valence-corrected chi connectivity index (χ3v) is 6.80. The van der Waals surface area contributed by atoms with E-state index in [1.165, 1.54) is 53.1 Å². The van der Waals surface area contributed by atoms with E-state index in [4.69, 9.17) is 0 Å². The molecule has 0 N–H and O–H groups in total. The first-order valence-corrected chi connectivity index (χ1v) is 7.71. The third-order valence-electron chi connectivity index (χ3n) is 4.29. The molecule has 96 valence electrons. The normalized spacial score (nSPS) is 11.3. The molecule has 18 heavy (non-hydrogen) atoms. The maximum absolute atomic E-state index is 3.71. The summed E-state index contributed by atoms with van der Waals surface area (Å²) in [4.78, 5) is 0. The van der Waals surface area contributed by atoms with Crippen molar-refractivity contribution in [1.29, 1.82) is 0 Å². The first kappa shape index (κ1) is 14.1. The minimum atomic E-state index is 1.18. The van der Waals surface area contributed by atoms with Crippen molar-refractivity contribution < 1.29 is 0 Å². The van der Waals surface area contributed by atoms with Crippen molar-refractivity contribution in [3.63, 3.8) is 0 Å². The molecule has 0 bridgehead atoms. The van der Waals surface area contributed by atoms with E-state index in [0.29, 0.717) is 0 Å². The Balaban J connectivity index is 3.22. The second kappa shape index (κ2) is 4.64. The van der Waals surface area contributed by atoms with Crippen LogP contribution >= 0.6 is 31.9 Å². The van der Waals surface area contributed by atoms with E-state index in [1.807, 2.05) is 0 Å². The Morgan fingerprint density at radius 2 is 0.722 bits per heavy atom. The zero-order chi connectivity index (χ0) is 13.8. The van der Waals surface area contributed by atoms with Crippen LogP contribution in [-0.4, -0.2) is 0 Å². The smallest absolute Gasteiger partial charge is 0.0355 e. The lowest BCUT2D eigenvalue weighted by Crippen LogP contribution is -1.99. The molecule has 2 aromatic rings. The summed E-state index contributed by atoms with van der Waals surface area (Å²) in [6.07, 6.45) is 0. The highest BCUT2D eigenvalue weighted by molar-refractivity contribution is 9.13. The molecule has 2 rings (SSSR count). The summed E-state index contributed by atoms with van der Waals surface area (Å²) in [5.41, 5.74) is 8.29. The van der Waals surface area contributed by atoms with E-state index in [9.17, 15) is 0 Å². The molecule has 0 saturated carbocycles. The van der Waals surface area contributed by atoms with E-state index in [2.05, 4.69) is 73.4 Å². The van der Waals surface area contributed by atoms with Crippen LogP contribution in [-0.2, 0) is 0 Å². The average Bonchev–Trinajstić information content (AvgIpc) is 2.35. The molecule has 0 amide bonds. The van der Waals surface area contributed by atoms with E-state index < -0.39 is 0 Å². The molecule has 0 aliphatic rings. The first-order chi connectivity index (χ1) is 8.29. The molecule has 0 aliphatic heterocycles. The number of aryl methyl sites for hydroxylation is 4. The molecular weight excluding hydrogens is 352 g/mol. The van der Waals surface area contributed by atoms with E-state index >= 15 is 0 Å². The van der Waals surface area contributed by atoms with Crippen LogP contribution < -0.4 is 0 Å². The maximum atomic E-state index is 3.71. The van der Waals surface area contributed by atoms with Crippen LogP contribution in [0.3, 0.4) is 0 Å². The molecule has 0 unspecified atom stereocenters. The number of benzene rings is 2. The Bertz CT molecular complexity index is 554. The van der Waals surface area contributed by atoms with Crippen molar-refractivity contribution in [3.05, 3.63) is 42.3 Å². The van der Waals surface area contributed by atoms with Crippen LogP contribution in [0.15, 0.2) is 8.95 Å². The lowest BCUT2D eigenvalue weighted by molar-refractivity contribution is 1.23. The highest BCUT2D eigenvalue weighted by Gasteiger charge is 2.17. The van der Waals surface area contributed by atoms with Crippen molar-refractivity contribution in [2.75, 3.05) is 0 Å². The molecule has 0 atom stereocenters. The van der Waals surface area contributed by atoms with Gasteiger partial charge < -0.3 is 0 Å². The summed E-state index contributed by atoms with van der Waals surface area (Å²) >= 11 is 7.41. The van der Waals surface area contributed by atoms with Gasteiger partial charge in [-0.05, 0) is 118 Å². The zero-order valence-corrected chi connectivity index (χ0v) is 14.9. The Kier molecular flexibility index (Phi) is 3.63. The summed E-state index contributed by atoms with van der Waals surface area (Å²) in [5, 5.41) is 2.81. The topological polar surface area (TPSA) is 0 Å². The van der Waals surface area contributed by atoms with Crippen molar-refractivity contribution in [3.8, 4) is 0 Å². The van der Waals surface area contributed by atoms with Crippen molar-refractivity contribution in [1.82, 2.24) is 0 Å². The number of halogens is 2. The number of rotatable bonds is 0. The maximum Gasteiger partial charge on any atom is 0.0355 e. The van der Waals surface area contributed by atoms with Crippen LogP contribution in [0.1, 0.15) is 33.4 Å². The summed E-state index contributed by atoms with van der Waals surface area (Å²) in [6.45, 7) is 13.3. The standard InChI is InChI=1S/C16H18Br2/c1-7-8(2)10(4)14-12(6)16(18)15(17)11(5)13(14)9(7)3/h1-6H3. The van der Waals surface area contributed by atoms with Gasteiger partial charge in [-0.3, -0.25) is 0 Å². The van der Waals surface area contributed by atoms with Gasteiger partial charge in [0.1, 0.15) is 0 Å². The quantitative estimate of drug-likeness (QED) is 0.517. The fourth-order valence-electron chi connectivity index (χ4n) is 2.80. The summed E-state index contributed by atoms with van der Waals surface area (Å²) in [5.74, 6) is 0. The molecule has 0 aromatic heterocycles. The Hall–Kier alpha value is -0.340. The van der Waals surface area contributed by atoms with Crippen molar-refractivity contribution in [2.45, 2.75) is 41.5 Å². The lowest BCUT2D eigenvalue weighted by atomic mass is 9.87. The van der Waals surface area contributed by atoms with Gasteiger partial charge in [0.05, 0.1) is 0 Å². The predicted molar refractivity (Wildman–Crippen MR) is 87.8 cm³/mol. The van der Waals surface area contributed by atoms with Gasteiger partial charge >= 0.3 is 0 Å². The second-order valence-electron chi connectivity index (χ2n) is 5.13. The third kappa shape index (κ3) is 1.77. The SMILES string of the molecule is Cc1c(C)c(C)c2c(C)c(Br)c(Br)c(C)c2c1C. The summed E-state index contributed by atoms with van der Waals surface area (Å²) < 4.78 is 2.36. The largest absolute Gasteiger partial charge is 0.0493 e. The molecule has 0 spiro atoms. The van der Waals surface area contributed by atoms with E-state index in [-0.39, 0.29) is 0 Å². The van der Waals surface area contributed by atoms with Gasteiger partial charge in [-0.1, -0.05) is 0 Å². The molecule has 0 radical (unpaired) electrons. The summed E-state index contributed by atoms with van der Waals surface area (Å²) in [6, 6.07) is 0. The fraction of sp³-hybridized carbons (Fsp3) is 0.375. The van der Waals surface area contributed by atoms with Crippen LogP contribution in [0.2, 0.25) is 0 Å². The van der Waals surface area contributed by atoms with Gasteiger partial charge in [-0.2, -0.15) is 0 Å². The molecule has 2 aromatic carbocycles. The van der Waals surface area contributed by atoms with Gasteiger partial charge in [-0.25, -0.2) is 0 Å². The van der Waals surface area contributed by atoms with Crippen molar-refractivity contribution in [2.24, 2.45) is 0 Å². The molecule has 0 heterocycles. The van der Waals surface area contributed by atoms with Gasteiger partial charge in [0.2, 0.25) is 0 Å². The van der Waals surface area contributed by atoms with E-state index in [1.54, 1.807) is 0 Å². The highest BCUT2D eigenvalue weighted by atomic mass is 79.9. The molecule has 0 aliphatic carbocycles. The summed E-state index contributed by atoms with van der Waals surface area (Å²) in [7, 11) is 0. The van der Waals surface area contributed by atoms with Crippen LogP contribution in [0, 0.1) is 41.5 Å². The molecule has 0 fully saturated rings.